The Balaban J connectivity index is 2.50. The molecular formula is C13H18N4O3S. The summed E-state index contributed by atoms with van der Waals surface area (Å²) in [5.41, 5.74) is 7.80. The zero-order valence-electron chi connectivity index (χ0n) is 12.3. The molecule has 0 saturated carbocycles. The fourth-order valence-electron chi connectivity index (χ4n) is 2.01. The standard InChI is InChI=1S/C13H18N4O3S/c1-8-13(9(2)17(3)15-8)16-21(18,19)12-7-10(14)5-6-11(12)20-4/h5-7,16H,14H2,1-4H3. The van der Waals surface area contributed by atoms with Crippen LogP contribution in [0.25, 0.3) is 0 Å². The van der Waals surface area contributed by atoms with Crippen molar-refractivity contribution >= 4 is 21.4 Å². The monoisotopic (exact) mass is 310 g/mol. The van der Waals surface area contributed by atoms with Gasteiger partial charge in [-0.1, -0.05) is 0 Å². The van der Waals surface area contributed by atoms with Crippen molar-refractivity contribution in [3.63, 3.8) is 0 Å². The Hall–Kier alpha value is -2.22. The van der Waals surface area contributed by atoms with Gasteiger partial charge in [-0.15, -0.1) is 0 Å². The predicted molar refractivity (Wildman–Crippen MR) is 80.9 cm³/mol. The highest BCUT2D eigenvalue weighted by Gasteiger charge is 2.23. The van der Waals surface area contributed by atoms with Crippen LogP contribution in [0.2, 0.25) is 0 Å². The zero-order valence-corrected chi connectivity index (χ0v) is 13.2. The molecule has 0 aliphatic rings. The summed E-state index contributed by atoms with van der Waals surface area (Å²) in [7, 11) is -0.660. The van der Waals surface area contributed by atoms with Crippen LogP contribution in [0.5, 0.6) is 5.75 Å². The lowest BCUT2D eigenvalue weighted by atomic mass is 10.3. The number of hydrogen-bond acceptors (Lipinski definition) is 5. The molecule has 0 amide bonds. The van der Waals surface area contributed by atoms with E-state index in [1.165, 1.54) is 19.2 Å². The van der Waals surface area contributed by atoms with Gasteiger partial charge < -0.3 is 10.5 Å². The quantitative estimate of drug-likeness (QED) is 0.832. The van der Waals surface area contributed by atoms with Crippen LogP contribution in [-0.4, -0.2) is 25.3 Å². The van der Waals surface area contributed by atoms with Crippen LogP contribution in [0.4, 0.5) is 11.4 Å². The fourth-order valence-corrected chi connectivity index (χ4v) is 3.40. The highest BCUT2D eigenvalue weighted by Crippen LogP contribution is 2.29. The van der Waals surface area contributed by atoms with Gasteiger partial charge in [-0.25, -0.2) is 8.42 Å². The molecule has 0 fully saturated rings. The van der Waals surface area contributed by atoms with Gasteiger partial charge in [0.2, 0.25) is 0 Å². The average Bonchev–Trinajstić information content (AvgIpc) is 2.65. The van der Waals surface area contributed by atoms with Crippen molar-refractivity contribution in [3.05, 3.63) is 29.6 Å². The topological polar surface area (TPSA) is 99.2 Å². The van der Waals surface area contributed by atoms with E-state index in [0.717, 1.165) is 5.69 Å². The van der Waals surface area contributed by atoms with Gasteiger partial charge in [0.15, 0.2) is 0 Å². The van der Waals surface area contributed by atoms with Gasteiger partial charge in [-0.2, -0.15) is 5.10 Å². The number of hydrogen-bond donors (Lipinski definition) is 2. The lowest BCUT2D eigenvalue weighted by Crippen LogP contribution is -2.15. The fraction of sp³-hybridized carbons (Fsp3) is 0.308. The van der Waals surface area contributed by atoms with Crippen molar-refractivity contribution in [1.29, 1.82) is 0 Å². The highest BCUT2D eigenvalue weighted by molar-refractivity contribution is 7.92. The Labute approximate surface area is 123 Å². The number of nitrogen functional groups attached to an aromatic ring is 1. The number of ether oxygens (including phenoxy) is 1. The number of nitrogens with two attached hydrogens (primary N) is 1. The third-order valence-electron chi connectivity index (χ3n) is 3.22. The first-order valence-corrected chi connectivity index (χ1v) is 7.71. The minimum Gasteiger partial charge on any atom is -0.495 e. The summed E-state index contributed by atoms with van der Waals surface area (Å²) < 4.78 is 34.4. The van der Waals surface area contributed by atoms with Gasteiger partial charge in [-0.05, 0) is 32.0 Å². The summed E-state index contributed by atoms with van der Waals surface area (Å²) in [6.07, 6.45) is 0. The summed E-state index contributed by atoms with van der Waals surface area (Å²) in [5, 5.41) is 4.18. The summed E-state index contributed by atoms with van der Waals surface area (Å²) in [5.74, 6) is 0.232. The lowest BCUT2D eigenvalue weighted by molar-refractivity contribution is 0.403. The first kappa shape index (κ1) is 15.2. The molecule has 7 nitrogen and oxygen atoms in total. The van der Waals surface area contributed by atoms with E-state index in [1.807, 2.05) is 0 Å². The van der Waals surface area contributed by atoms with E-state index in [9.17, 15) is 8.42 Å². The highest BCUT2D eigenvalue weighted by atomic mass is 32.2. The van der Waals surface area contributed by atoms with Crippen LogP contribution in [0.15, 0.2) is 23.1 Å². The molecule has 3 N–H and O–H groups in total. The van der Waals surface area contributed by atoms with Crippen LogP contribution >= 0.6 is 0 Å². The molecule has 0 saturated heterocycles. The van der Waals surface area contributed by atoms with Gasteiger partial charge in [-0.3, -0.25) is 9.40 Å². The predicted octanol–water partition coefficient (Wildman–Crippen LogP) is 1.43. The molecular weight excluding hydrogens is 292 g/mol. The second-order valence-electron chi connectivity index (χ2n) is 4.69. The normalized spacial score (nSPS) is 11.4. The zero-order chi connectivity index (χ0) is 15.8. The van der Waals surface area contributed by atoms with Crippen LogP contribution in [0.3, 0.4) is 0 Å². The van der Waals surface area contributed by atoms with Crippen molar-refractivity contribution < 1.29 is 13.2 Å². The van der Waals surface area contributed by atoms with E-state index in [4.69, 9.17) is 10.5 Å². The van der Waals surface area contributed by atoms with Crippen LogP contribution in [-0.2, 0) is 17.1 Å². The first-order valence-electron chi connectivity index (χ1n) is 6.23. The molecule has 0 bridgehead atoms. The number of sulfonamides is 1. The third kappa shape index (κ3) is 2.80. The van der Waals surface area contributed by atoms with E-state index < -0.39 is 10.0 Å². The smallest absolute Gasteiger partial charge is 0.265 e. The van der Waals surface area contributed by atoms with E-state index in [2.05, 4.69) is 9.82 Å². The lowest BCUT2D eigenvalue weighted by Gasteiger charge is -2.12. The molecule has 1 heterocycles. The van der Waals surface area contributed by atoms with E-state index >= 15 is 0 Å². The molecule has 0 unspecified atom stereocenters. The first-order chi connectivity index (χ1) is 9.76. The molecule has 0 spiro atoms. The second kappa shape index (κ2) is 5.28. The minimum absolute atomic E-state index is 0.00680. The maximum absolute atomic E-state index is 12.6. The molecule has 8 heteroatoms. The summed E-state index contributed by atoms with van der Waals surface area (Å²) in [4.78, 5) is -0.00680. The summed E-state index contributed by atoms with van der Waals surface area (Å²) >= 11 is 0. The Bertz CT molecular complexity index is 781. The van der Waals surface area contributed by atoms with Crippen molar-refractivity contribution in [2.45, 2.75) is 18.7 Å². The van der Waals surface area contributed by atoms with E-state index in [-0.39, 0.29) is 10.6 Å². The maximum Gasteiger partial charge on any atom is 0.265 e. The number of rotatable bonds is 4. The molecule has 0 radical (unpaired) electrons. The van der Waals surface area contributed by atoms with Crippen molar-refractivity contribution in [3.8, 4) is 5.75 Å². The molecule has 0 atom stereocenters. The van der Waals surface area contributed by atoms with E-state index in [0.29, 0.717) is 17.1 Å². The van der Waals surface area contributed by atoms with Gasteiger partial charge in [0.05, 0.1) is 24.2 Å². The molecule has 0 aliphatic carbocycles. The summed E-state index contributed by atoms with van der Waals surface area (Å²) in [6.45, 7) is 3.52. The molecule has 114 valence electrons. The Morgan fingerprint density at radius 2 is 2.00 bits per heavy atom. The van der Waals surface area contributed by atoms with Crippen LogP contribution in [0.1, 0.15) is 11.4 Å². The van der Waals surface area contributed by atoms with Crippen molar-refractivity contribution in [2.24, 2.45) is 7.05 Å². The molecule has 1 aromatic carbocycles. The van der Waals surface area contributed by atoms with Crippen LogP contribution < -0.4 is 15.2 Å². The molecule has 2 rings (SSSR count). The Kier molecular flexibility index (Phi) is 3.82. The van der Waals surface area contributed by atoms with Crippen LogP contribution in [0, 0.1) is 13.8 Å². The van der Waals surface area contributed by atoms with Gasteiger partial charge in [0, 0.05) is 12.7 Å². The number of benzene rings is 1. The molecule has 0 aliphatic heterocycles. The maximum atomic E-state index is 12.6. The number of aromatic nitrogens is 2. The number of aryl methyl sites for hydroxylation is 2. The number of nitrogens with zero attached hydrogens (tertiary/aromatic N) is 2. The molecule has 1 aromatic heterocycles. The van der Waals surface area contributed by atoms with Gasteiger partial charge >= 0.3 is 0 Å². The Morgan fingerprint density at radius 1 is 1.33 bits per heavy atom. The van der Waals surface area contributed by atoms with Crippen molar-refractivity contribution in [1.82, 2.24) is 9.78 Å². The largest absolute Gasteiger partial charge is 0.495 e. The Morgan fingerprint density at radius 3 is 2.52 bits per heavy atom. The third-order valence-corrected chi connectivity index (χ3v) is 4.59. The van der Waals surface area contributed by atoms with Gasteiger partial charge in [0.25, 0.3) is 10.0 Å². The summed E-state index contributed by atoms with van der Waals surface area (Å²) in [6, 6.07) is 4.47. The van der Waals surface area contributed by atoms with Crippen molar-refractivity contribution in [2.75, 3.05) is 17.6 Å². The molecule has 2 aromatic rings. The molecule has 21 heavy (non-hydrogen) atoms. The average molecular weight is 310 g/mol. The number of methoxy groups -OCH3 is 1. The number of nitrogens with one attached hydrogen (secondary N) is 1. The SMILES string of the molecule is COc1ccc(N)cc1S(=O)(=O)Nc1c(C)nn(C)c1C. The number of anilines is 2. The minimum atomic E-state index is -3.82. The van der Waals surface area contributed by atoms with E-state index in [1.54, 1.807) is 31.6 Å². The van der Waals surface area contributed by atoms with Gasteiger partial charge in [0.1, 0.15) is 10.6 Å². The second-order valence-corrected chi connectivity index (χ2v) is 6.34.